The van der Waals surface area contributed by atoms with Crippen molar-refractivity contribution in [2.75, 3.05) is 13.1 Å². The molecule has 2 heteroatoms. The van der Waals surface area contributed by atoms with E-state index in [4.69, 9.17) is 0 Å². The van der Waals surface area contributed by atoms with E-state index in [0.717, 1.165) is 32.4 Å². The zero-order valence-corrected chi connectivity index (χ0v) is 9.10. The second kappa shape index (κ2) is 4.12. The normalized spacial score (nSPS) is 17.0. The molecule has 1 aliphatic heterocycles. The lowest BCUT2D eigenvalue weighted by Gasteiger charge is -2.32. The SMILES string of the molecule is CCC(C)(C)CCC(=O)N1CCC1. The molecule has 1 saturated heterocycles. The molecular formula is C11H21NO. The average molecular weight is 183 g/mol. The lowest BCUT2D eigenvalue weighted by atomic mass is 9.85. The van der Waals surface area contributed by atoms with Crippen molar-refractivity contribution in [1.29, 1.82) is 0 Å². The molecule has 1 heterocycles. The minimum atomic E-state index is 0.334. The predicted molar refractivity (Wildman–Crippen MR) is 54.5 cm³/mol. The molecule has 0 aliphatic carbocycles. The third-order valence-corrected chi connectivity index (χ3v) is 3.18. The summed E-state index contributed by atoms with van der Waals surface area (Å²) in [5.41, 5.74) is 0.334. The number of amides is 1. The van der Waals surface area contributed by atoms with Gasteiger partial charge < -0.3 is 4.90 Å². The minimum Gasteiger partial charge on any atom is -0.343 e. The Bertz CT molecular complexity index is 183. The Morgan fingerprint density at radius 3 is 2.38 bits per heavy atom. The molecule has 1 aliphatic rings. The number of rotatable bonds is 4. The highest BCUT2D eigenvalue weighted by Crippen LogP contribution is 2.26. The maximum absolute atomic E-state index is 11.5. The smallest absolute Gasteiger partial charge is 0.222 e. The van der Waals surface area contributed by atoms with Crippen LogP contribution in [-0.4, -0.2) is 23.9 Å². The molecule has 0 spiro atoms. The quantitative estimate of drug-likeness (QED) is 0.655. The summed E-state index contributed by atoms with van der Waals surface area (Å²) in [4.78, 5) is 13.5. The Morgan fingerprint density at radius 1 is 1.38 bits per heavy atom. The Labute approximate surface area is 81.3 Å². The summed E-state index contributed by atoms with van der Waals surface area (Å²) in [6.07, 6.45) is 4.11. The van der Waals surface area contributed by atoms with Crippen LogP contribution in [0.3, 0.4) is 0 Å². The summed E-state index contributed by atoms with van der Waals surface area (Å²) in [6.45, 7) is 8.64. The van der Waals surface area contributed by atoms with Crippen LogP contribution < -0.4 is 0 Å². The molecule has 0 bridgehead atoms. The van der Waals surface area contributed by atoms with Crippen molar-refractivity contribution < 1.29 is 4.79 Å². The van der Waals surface area contributed by atoms with Crippen molar-refractivity contribution in [2.45, 2.75) is 46.5 Å². The number of carbonyl (C=O) groups excluding carboxylic acids is 1. The maximum Gasteiger partial charge on any atom is 0.222 e. The van der Waals surface area contributed by atoms with Crippen molar-refractivity contribution in [2.24, 2.45) is 5.41 Å². The van der Waals surface area contributed by atoms with E-state index in [0.29, 0.717) is 11.3 Å². The van der Waals surface area contributed by atoms with E-state index in [1.165, 1.54) is 6.42 Å². The van der Waals surface area contributed by atoms with Gasteiger partial charge in [-0.25, -0.2) is 0 Å². The molecule has 0 N–H and O–H groups in total. The van der Waals surface area contributed by atoms with Crippen LogP contribution >= 0.6 is 0 Å². The molecule has 0 saturated carbocycles. The number of likely N-dealkylation sites (tertiary alicyclic amines) is 1. The molecule has 1 amide bonds. The summed E-state index contributed by atoms with van der Waals surface area (Å²) in [7, 11) is 0. The number of hydrogen-bond acceptors (Lipinski definition) is 1. The summed E-state index contributed by atoms with van der Waals surface area (Å²) in [6, 6.07) is 0. The number of carbonyl (C=O) groups is 1. The molecule has 0 aromatic heterocycles. The number of nitrogens with zero attached hydrogens (tertiary/aromatic N) is 1. The zero-order chi connectivity index (χ0) is 9.90. The van der Waals surface area contributed by atoms with Crippen LogP contribution in [0.1, 0.15) is 46.5 Å². The van der Waals surface area contributed by atoms with Gasteiger partial charge in [-0.3, -0.25) is 4.79 Å². The lowest BCUT2D eigenvalue weighted by Crippen LogP contribution is -2.42. The molecular weight excluding hydrogens is 162 g/mol. The van der Waals surface area contributed by atoms with Crippen LogP contribution in [0.5, 0.6) is 0 Å². The van der Waals surface area contributed by atoms with E-state index in [2.05, 4.69) is 20.8 Å². The van der Waals surface area contributed by atoms with Gasteiger partial charge in [-0.15, -0.1) is 0 Å². The topological polar surface area (TPSA) is 20.3 Å². The Morgan fingerprint density at radius 2 is 2.00 bits per heavy atom. The third-order valence-electron chi connectivity index (χ3n) is 3.18. The first kappa shape index (κ1) is 10.6. The molecule has 0 aromatic carbocycles. The highest BCUT2D eigenvalue weighted by Gasteiger charge is 2.22. The first-order valence-corrected chi connectivity index (χ1v) is 5.33. The van der Waals surface area contributed by atoms with E-state index in [1.807, 2.05) is 4.90 Å². The highest BCUT2D eigenvalue weighted by atomic mass is 16.2. The van der Waals surface area contributed by atoms with Crippen molar-refractivity contribution in [3.8, 4) is 0 Å². The molecule has 1 fully saturated rings. The van der Waals surface area contributed by atoms with E-state index < -0.39 is 0 Å². The van der Waals surface area contributed by atoms with Gasteiger partial charge in [0.05, 0.1) is 0 Å². The maximum atomic E-state index is 11.5. The molecule has 0 aromatic rings. The lowest BCUT2D eigenvalue weighted by molar-refractivity contribution is -0.135. The molecule has 13 heavy (non-hydrogen) atoms. The average Bonchev–Trinajstić information content (AvgIpc) is 1.98. The van der Waals surface area contributed by atoms with Crippen LogP contribution in [0, 0.1) is 5.41 Å². The van der Waals surface area contributed by atoms with Gasteiger partial charge in [-0.2, -0.15) is 0 Å². The predicted octanol–water partition coefficient (Wildman–Crippen LogP) is 2.44. The third kappa shape index (κ3) is 3.02. The highest BCUT2D eigenvalue weighted by molar-refractivity contribution is 5.76. The minimum absolute atomic E-state index is 0.334. The second-order valence-corrected chi connectivity index (χ2v) is 4.75. The standard InChI is InChI=1S/C11H21NO/c1-4-11(2,3)7-6-10(13)12-8-5-9-12/h4-9H2,1-3H3. The molecule has 2 nitrogen and oxygen atoms in total. The Hall–Kier alpha value is -0.530. The summed E-state index contributed by atoms with van der Waals surface area (Å²) < 4.78 is 0. The van der Waals surface area contributed by atoms with Gasteiger partial charge >= 0.3 is 0 Å². The number of hydrogen-bond donors (Lipinski definition) is 0. The van der Waals surface area contributed by atoms with E-state index in [9.17, 15) is 4.79 Å². The van der Waals surface area contributed by atoms with Gasteiger partial charge in [0, 0.05) is 19.5 Å². The van der Waals surface area contributed by atoms with Crippen molar-refractivity contribution >= 4 is 5.91 Å². The Kier molecular flexibility index (Phi) is 3.34. The van der Waals surface area contributed by atoms with Gasteiger partial charge in [0.25, 0.3) is 0 Å². The van der Waals surface area contributed by atoms with Crippen LogP contribution in [-0.2, 0) is 4.79 Å². The van der Waals surface area contributed by atoms with Crippen LogP contribution in [0.2, 0.25) is 0 Å². The molecule has 1 rings (SSSR count). The van der Waals surface area contributed by atoms with Crippen LogP contribution in [0.15, 0.2) is 0 Å². The first-order chi connectivity index (χ1) is 6.05. The molecule has 76 valence electrons. The van der Waals surface area contributed by atoms with Crippen molar-refractivity contribution in [1.82, 2.24) is 4.90 Å². The van der Waals surface area contributed by atoms with Crippen molar-refractivity contribution in [3.05, 3.63) is 0 Å². The summed E-state index contributed by atoms with van der Waals surface area (Å²) in [5, 5.41) is 0. The van der Waals surface area contributed by atoms with Gasteiger partial charge in [0.2, 0.25) is 5.91 Å². The van der Waals surface area contributed by atoms with E-state index in [-0.39, 0.29) is 0 Å². The van der Waals surface area contributed by atoms with E-state index >= 15 is 0 Å². The Balaban J connectivity index is 2.21. The van der Waals surface area contributed by atoms with Gasteiger partial charge in [-0.05, 0) is 18.3 Å². The van der Waals surface area contributed by atoms with Gasteiger partial charge in [-0.1, -0.05) is 27.2 Å². The molecule has 0 radical (unpaired) electrons. The van der Waals surface area contributed by atoms with Crippen molar-refractivity contribution in [3.63, 3.8) is 0 Å². The molecule has 0 unspecified atom stereocenters. The largest absolute Gasteiger partial charge is 0.343 e. The zero-order valence-electron chi connectivity index (χ0n) is 9.10. The monoisotopic (exact) mass is 183 g/mol. The fraction of sp³-hybridized carbons (Fsp3) is 0.909. The summed E-state index contributed by atoms with van der Waals surface area (Å²) >= 11 is 0. The van der Waals surface area contributed by atoms with Crippen LogP contribution in [0.4, 0.5) is 0 Å². The van der Waals surface area contributed by atoms with E-state index in [1.54, 1.807) is 0 Å². The van der Waals surface area contributed by atoms with Gasteiger partial charge in [0.1, 0.15) is 0 Å². The van der Waals surface area contributed by atoms with Gasteiger partial charge in [0.15, 0.2) is 0 Å². The first-order valence-electron chi connectivity index (χ1n) is 5.33. The summed E-state index contributed by atoms with van der Waals surface area (Å²) in [5.74, 6) is 0.354. The fourth-order valence-corrected chi connectivity index (χ4v) is 1.35. The molecule has 0 atom stereocenters. The fourth-order valence-electron chi connectivity index (χ4n) is 1.35. The van der Waals surface area contributed by atoms with Crippen LogP contribution in [0.25, 0.3) is 0 Å². The second-order valence-electron chi connectivity index (χ2n) is 4.75.